The quantitative estimate of drug-likeness (QED) is 0.156. The maximum Gasteiger partial charge on any atom is 0.294 e. The van der Waals surface area contributed by atoms with Crippen LogP contribution in [0.25, 0.3) is 28.5 Å². The van der Waals surface area contributed by atoms with Crippen molar-refractivity contribution < 1.29 is 4.57 Å². The molecule has 3 aliphatic heterocycles. The van der Waals surface area contributed by atoms with Crippen molar-refractivity contribution in [3.05, 3.63) is 202 Å². The summed E-state index contributed by atoms with van der Waals surface area (Å²) in [6.45, 7) is 13.9. The molecule has 4 nitrogen and oxygen atoms in total. The molecule has 0 saturated heterocycles. The molecule has 0 N–H and O–H groups in total. The summed E-state index contributed by atoms with van der Waals surface area (Å²) in [5.74, 6) is 2.46. The first-order valence-corrected chi connectivity index (χ1v) is 22.2. The van der Waals surface area contributed by atoms with Crippen molar-refractivity contribution in [3.63, 3.8) is 0 Å². The number of hydrogen-bond donors (Lipinski definition) is 0. The standard InChI is InChI=1S/C56H57N4/c1-37(2)43-28-18-29-44(38(3)4)53(43)58-36-35-57-51-33-31-41-21-12-17-30-50(41)60-52(34-32-48(51)47-26-15-16-27-49(47)56(57)58)59(42-22-8-7-9-23-42)54(45-24-13-10-19-39(45)5)55(60)46-25-14-11-20-40(46)6/h7-30,35-38,48,51-52H,31-34H2,1-6H3/q+1. The van der Waals surface area contributed by atoms with Crippen molar-refractivity contribution in [1.82, 2.24) is 4.57 Å². The van der Waals surface area contributed by atoms with E-state index in [1.54, 1.807) is 0 Å². The minimum atomic E-state index is 0.0474. The van der Waals surface area contributed by atoms with Crippen molar-refractivity contribution in [2.45, 2.75) is 97.2 Å². The van der Waals surface area contributed by atoms with E-state index in [1.807, 2.05) is 0 Å². The van der Waals surface area contributed by atoms with E-state index in [9.17, 15) is 0 Å². The van der Waals surface area contributed by atoms with E-state index in [2.05, 4.69) is 218 Å². The van der Waals surface area contributed by atoms with Crippen LogP contribution < -0.4 is 14.4 Å². The van der Waals surface area contributed by atoms with Gasteiger partial charge in [-0.2, -0.15) is 4.57 Å². The van der Waals surface area contributed by atoms with Crippen molar-refractivity contribution in [1.29, 1.82) is 0 Å². The molecule has 0 amide bonds. The summed E-state index contributed by atoms with van der Waals surface area (Å²) in [7, 11) is 0. The lowest BCUT2D eigenvalue weighted by atomic mass is 9.78. The molecule has 0 aliphatic carbocycles. The first-order chi connectivity index (χ1) is 29.3. The van der Waals surface area contributed by atoms with Crippen LogP contribution in [0, 0.1) is 13.8 Å². The molecule has 3 atom stereocenters. The van der Waals surface area contributed by atoms with Crippen LogP contribution in [0.15, 0.2) is 158 Å². The highest BCUT2D eigenvalue weighted by Crippen LogP contribution is 2.52. The molecule has 3 aliphatic rings. The molecule has 1 aromatic heterocycles. The van der Waals surface area contributed by atoms with E-state index in [0.29, 0.717) is 23.8 Å². The lowest BCUT2D eigenvalue weighted by Crippen LogP contribution is -2.48. The van der Waals surface area contributed by atoms with Crippen molar-refractivity contribution >= 4 is 22.8 Å². The van der Waals surface area contributed by atoms with Gasteiger partial charge < -0.3 is 9.80 Å². The lowest BCUT2D eigenvalue weighted by molar-refractivity contribution is -0.718. The van der Waals surface area contributed by atoms with Gasteiger partial charge in [-0.15, -0.1) is 0 Å². The summed E-state index contributed by atoms with van der Waals surface area (Å²) in [5, 5.41) is 0. The van der Waals surface area contributed by atoms with Crippen LogP contribution in [0.2, 0.25) is 0 Å². The van der Waals surface area contributed by atoms with Crippen LogP contribution in [0.5, 0.6) is 0 Å². The van der Waals surface area contributed by atoms with Gasteiger partial charge in [0.15, 0.2) is 0 Å². The van der Waals surface area contributed by atoms with Gasteiger partial charge in [-0.05, 0) is 97.9 Å². The number of hydrogen-bond acceptors (Lipinski definition) is 2. The molecule has 10 rings (SSSR count). The molecule has 4 heteroatoms. The second kappa shape index (κ2) is 15.5. The largest absolute Gasteiger partial charge is 0.318 e. The number of fused-ring (bicyclic) bond motifs is 9. The number of imidazole rings is 1. The normalized spacial score (nSPS) is 18.6. The Balaban J connectivity index is 1.19. The summed E-state index contributed by atoms with van der Waals surface area (Å²) in [5.41, 5.74) is 18.7. The van der Waals surface area contributed by atoms with E-state index >= 15 is 0 Å². The second-order valence-electron chi connectivity index (χ2n) is 17.9. The molecular formula is C56H57N4+. The summed E-state index contributed by atoms with van der Waals surface area (Å²) in [6.07, 6.45) is 8.89. The molecule has 60 heavy (non-hydrogen) atoms. The number of anilines is 2. The van der Waals surface area contributed by atoms with Crippen molar-refractivity contribution in [2.24, 2.45) is 0 Å². The van der Waals surface area contributed by atoms with E-state index in [-0.39, 0.29) is 6.17 Å². The molecule has 300 valence electrons. The van der Waals surface area contributed by atoms with Crippen LogP contribution in [-0.2, 0) is 6.42 Å². The Morgan fingerprint density at radius 3 is 1.80 bits per heavy atom. The Labute approximate surface area is 357 Å². The fourth-order valence-corrected chi connectivity index (χ4v) is 10.9. The Bertz CT molecular complexity index is 2710. The lowest BCUT2D eigenvalue weighted by Gasteiger charge is -2.40. The number of rotatable bonds is 6. The van der Waals surface area contributed by atoms with Crippen LogP contribution >= 0.6 is 0 Å². The Kier molecular flexibility index (Phi) is 9.83. The maximum absolute atomic E-state index is 2.74. The topological polar surface area (TPSA) is 15.3 Å². The average Bonchev–Trinajstić information content (AvgIpc) is 3.85. The molecule has 7 aromatic rings. The van der Waals surface area contributed by atoms with Gasteiger partial charge in [0.1, 0.15) is 30.3 Å². The number of benzene rings is 6. The third-order valence-electron chi connectivity index (χ3n) is 13.7. The van der Waals surface area contributed by atoms with E-state index < -0.39 is 0 Å². The molecule has 4 heterocycles. The van der Waals surface area contributed by atoms with E-state index in [0.717, 1.165) is 25.7 Å². The van der Waals surface area contributed by atoms with Gasteiger partial charge in [0, 0.05) is 39.5 Å². The molecule has 6 aromatic carbocycles. The number of aryl methyl sites for hydroxylation is 3. The second-order valence-corrected chi connectivity index (χ2v) is 17.9. The molecule has 0 fully saturated rings. The molecule has 0 spiro atoms. The minimum Gasteiger partial charge on any atom is -0.318 e. The van der Waals surface area contributed by atoms with Crippen molar-refractivity contribution in [3.8, 4) is 17.1 Å². The molecule has 0 saturated carbocycles. The van der Waals surface area contributed by atoms with Gasteiger partial charge >= 0.3 is 0 Å². The third kappa shape index (κ3) is 6.22. The van der Waals surface area contributed by atoms with Gasteiger partial charge in [0.2, 0.25) is 0 Å². The zero-order valence-electron chi connectivity index (χ0n) is 36.0. The summed E-state index contributed by atoms with van der Waals surface area (Å²) < 4.78 is 5.23. The maximum atomic E-state index is 2.74. The number of para-hydroxylation sites is 3. The first kappa shape index (κ1) is 38.1. The van der Waals surface area contributed by atoms with Gasteiger partial charge in [-0.25, -0.2) is 4.57 Å². The zero-order valence-corrected chi connectivity index (χ0v) is 36.0. The first-order valence-electron chi connectivity index (χ1n) is 22.2. The smallest absolute Gasteiger partial charge is 0.294 e. The summed E-state index contributed by atoms with van der Waals surface area (Å²) in [4.78, 5) is 5.43. The minimum absolute atomic E-state index is 0.0474. The highest BCUT2D eigenvalue weighted by atomic mass is 15.4. The van der Waals surface area contributed by atoms with E-state index in [4.69, 9.17) is 0 Å². The monoisotopic (exact) mass is 785 g/mol. The van der Waals surface area contributed by atoms with Gasteiger partial charge in [-0.1, -0.05) is 149 Å². The summed E-state index contributed by atoms with van der Waals surface area (Å²) in [6, 6.07) is 55.1. The SMILES string of the molecule is Cc1ccccc1C1=C(c2ccccc2C)N2c3ccccc3CCC3C(CCC2N1c1ccccc1)c1ccccc1-c1n(-c2c(C(C)C)cccc2C(C)C)cc[n+]13. The van der Waals surface area contributed by atoms with Crippen LogP contribution in [0.4, 0.5) is 11.4 Å². The third-order valence-corrected chi connectivity index (χ3v) is 13.7. The Morgan fingerprint density at radius 2 is 1.13 bits per heavy atom. The molecule has 0 bridgehead atoms. The fourth-order valence-electron chi connectivity index (χ4n) is 10.9. The summed E-state index contributed by atoms with van der Waals surface area (Å²) >= 11 is 0. The van der Waals surface area contributed by atoms with E-state index in [1.165, 1.54) is 84.4 Å². The van der Waals surface area contributed by atoms with Gasteiger partial charge in [0.05, 0.1) is 17.0 Å². The zero-order chi connectivity index (χ0) is 41.1. The van der Waals surface area contributed by atoms with Crippen molar-refractivity contribution in [2.75, 3.05) is 9.80 Å². The number of aromatic nitrogens is 2. The predicted octanol–water partition coefficient (Wildman–Crippen LogP) is 13.5. The van der Waals surface area contributed by atoms with Crippen LogP contribution in [0.3, 0.4) is 0 Å². The molecule has 3 unspecified atom stereocenters. The molecular weight excluding hydrogens is 729 g/mol. The number of nitrogens with zero attached hydrogens (tertiary/aromatic N) is 4. The highest BCUT2D eigenvalue weighted by Gasteiger charge is 2.46. The van der Waals surface area contributed by atoms with Gasteiger partial charge in [0.25, 0.3) is 5.82 Å². The Hall–Kier alpha value is -6.13. The molecule has 0 radical (unpaired) electrons. The fraction of sp³-hybridized carbons (Fsp3) is 0.268. The predicted molar refractivity (Wildman–Crippen MR) is 250 cm³/mol. The average molecular weight is 786 g/mol. The highest BCUT2D eigenvalue weighted by molar-refractivity contribution is 6.07. The Morgan fingerprint density at radius 1 is 0.550 bits per heavy atom. The van der Waals surface area contributed by atoms with Crippen LogP contribution in [-0.4, -0.2) is 10.7 Å². The van der Waals surface area contributed by atoms with Crippen LogP contribution in [0.1, 0.15) is 115 Å². The van der Waals surface area contributed by atoms with Gasteiger partial charge in [-0.3, -0.25) is 0 Å².